The van der Waals surface area contributed by atoms with Gasteiger partial charge in [0.1, 0.15) is 4.47 Å². The number of aliphatic hydroxyl groups excluding tert-OH is 1. The van der Waals surface area contributed by atoms with Gasteiger partial charge < -0.3 is 15.3 Å². The third-order valence-electron chi connectivity index (χ3n) is 3.13. The number of hydrogen-bond acceptors (Lipinski definition) is 5. The number of rotatable bonds is 5. The summed E-state index contributed by atoms with van der Waals surface area (Å²) in [6, 6.07) is 0.418. The maximum atomic E-state index is 12.0. The molecule has 0 atom stereocenters. The lowest BCUT2D eigenvalue weighted by Gasteiger charge is -2.39. The molecule has 7 heteroatoms. The molecule has 0 aliphatic carbocycles. The van der Waals surface area contributed by atoms with Crippen LogP contribution in [0.5, 0.6) is 0 Å². The quantitative estimate of drug-likeness (QED) is 0.787. The maximum absolute atomic E-state index is 12.0. The Morgan fingerprint density at radius 3 is 2.89 bits per heavy atom. The summed E-state index contributed by atoms with van der Waals surface area (Å²) < 4.78 is 1.78. The molecule has 6 nitrogen and oxygen atoms in total. The lowest BCUT2D eigenvalue weighted by Crippen LogP contribution is -2.57. The minimum atomic E-state index is -0.202. The Hall–Kier alpha value is -0.920. The molecule has 18 heavy (non-hydrogen) atoms. The largest absolute Gasteiger partial charge is 0.394 e. The van der Waals surface area contributed by atoms with Crippen LogP contribution in [0.4, 0.5) is 5.69 Å². The molecule has 1 aliphatic heterocycles. The van der Waals surface area contributed by atoms with E-state index in [1.165, 1.54) is 4.68 Å². The molecule has 1 aromatic rings. The van der Waals surface area contributed by atoms with Gasteiger partial charge in [0.2, 0.25) is 0 Å². The van der Waals surface area contributed by atoms with Crippen molar-refractivity contribution in [3.8, 4) is 0 Å². The van der Waals surface area contributed by atoms with Crippen LogP contribution in [0.3, 0.4) is 0 Å². The van der Waals surface area contributed by atoms with Crippen LogP contribution in [0, 0.1) is 0 Å². The Balaban J connectivity index is 2.32. The molecule has 0 unspecified atom stereocenters. The van der Waals surface area contributed by atoms with Gasteiger partial charge in [0.25, 0.3) is 5.56 Å². The first-order valence-corrected chi connectivity index (χ1v) is 6.82. The number of anilines is 1. The minimum absolute atomic E-state index is 0.0945. The number of likely N-dealkylation sites (N-methyl/N-ethyl adjacent to an activating group) is 1. The van der Waals surface area contributed by atoms with E-state index in [1.54, 1.807) is 6.20 Å². The highest BCUT2D eigenvalue weighted by Crippen LogP contribution is 2.24. The molecule has 1 saturated heterocycles. The van der Waals surface area contributed by atoms with E-state index in [-0.39, 0.29) is 18.7 Å². The summed E-state index contributed by atoms with van der Waals surface area (Å²) >= 11 is 3.35. The van der Waals surface area contributed by atoms with E-state index in [2.05, 4.69) is 38.2 Å². The topological polar surface area (TPSA) is 70.4 Å². The van der Waals surface area contributed by atoms with Gasteiger partial charge in [0.05, 0.1) is 31.1 Å². The van der Waals surface area contributed by atoms with E-state index in [1.807, 2.05) is 0 Å². The Morgan fingerprint density at radius 1 is 1.67 bits per heavy atom. The molecule has 1 aromatic heterocycles. The summed E-state index contributed by atoms with van der Waals surface area (Å²) in [4.78, 5) is 14.2. The first-order chi connectivity index (χ1) is 8.69. The molecule has 0 saturated carbocycles. The molecule has 0 aromatic carbocycles. The van der Waals surface area contributed by atoms with Gasteiger partial charge in [0, 0.05) is 19.6 Å². The summed E-state index contributed by atoms with van der Waals surface area (Å²) in [5, 5.41) is 16.2. The molecule has 0 amide bonds. The Bertz CT molecular complexity index is 473. The Labute approximate surface area is 114 Å². The molecule has 2 N–H and O–H groups in total. The molecule has 2 rings (SSSR count). The second kappa shape index (κ2) is 5.81. The zero-order chi connectivity index (χ0) is 13.1. The van der Waals surface area contributed by atoms with Crippen LogP contribution >= 0.6 is 15.9 Å². The highest BCUT2D eigenvalue weighted by molar-refractivity contribution is 9.10. The molecule has 2 heterocycles. The van der Waals surface area contributed by atoms with E-state index >= 15 is 0 Å². The summed E-state index contributed by atoms with van der Waals surface area (Å²) in [6.45, 7) is 4.87. The minimum Gasteiger partial charge on any atom is -0.394 e. The smallest absolute Gasteiger partial charge is 0.283 e. The van der Waals surface area contributed by atoms with Crippen molar-refractivity contribution in [3.63, 3.8) is 0 Å². The predicted octanol–water partition coefficient (Wildman–Crippen LogP) is -0.204. The second-order valence-electron chi connectivity index (χ2n) is 4.19. The van der Waals surface area contributed by atoms with E-state index in [0.717, 1.165) is 25.3 Å². The molecular formula is C11H17BrN4O2. The molecule has 0 bridgehead atoms. The van der Waals surface area contributed by atoms with Crippen LogP contribution in [0.2, 0.25) is 0 Å². The standard InChI is InChI=1S/C11H17BrN4O2/c1-2-15(8-5-13-6-8)9-7-14-16(3-4-17)11(18)10(9)12/h7-8,13,17H,2-6H2,1H3. The van der Waals surface area contributed by atoms with Gasteiger partial charge in [-0.25, -0.2) is 4.68 Å². The van der Waals surface area contributed by atoms with Gasteiger partial charge in [-0.1, -0.05) is 0 Å². The monoisotopic (exact) mass is 316 g/mol. The average molecular weight is 317 g/mol. The molecule has 1 aliphatic rings. The lowest BCUT2D eigenvalue weighted by atomic mass is 10.1. The van der Waals surface area contributed by atoms with Gasteiger partial charge in [-0.2, -0.15) is 5.10 Å². The van der Waals surface area contributed by atoms with Gasteiger partial charge in [-0.15, -0.1) is 0 Å². The second-order valence-corrected chi connectivity index (χ2v) is 4.99. The van der Waals surface area contributed by atoms with E-state index in [9.17, 15) is 4.79 Å². The fraction of sp³-hybridized carbons (Fsp3) is 0.636. The number of nitrogens with one attached hydrogen (secondary N) is 1. The molecular weight excluding hydrogens is 300 g/mol. The fourth-order valence-electron chi connectivity index (χ4n) is 2.03. The highest BCUT2D eigenvalue weighted by Gasteiger charge is 2.26. The number of hydrogen-bond donors (Lipinski definition) is 2. The number of aromatic nitrogens is 2. The molecule has 1 fully saturated rings. The van der Waals surface area contributed by atoms with Crippen molar-refractivity contribution in [1.82, 2.24) is 15.1 Å². The van der Waals surface area contributed by atoms with Gasteiger partial charge in [-0.3, -0.25) is 4.79 Å². The summed E-state index contributed by atoms with van der Waals surface area (Å²) in [7, 11) is 0. The van der Waals surface area contributed by atoms with Crippen LogP contribution in [-0.2, 0) is 6.54 Å². The highest BCUT2D eigenvalue weighted by atomic mass is 79.9. The van der Waals surface area contributed by atoms with Crippen LogP contribution in [-0.4, -0.2) is 47.2 Å². The normalized spacial score (nSPS) is 15.5. The van der Waals surface area contributed by atoms with Crippen LogP contribution in [0.25, 0.3) is 0 Å². The summed E-state index contributed by atoms with van der Waals surface area (Å²) in [5.41, 5.74) is 0.621. The van der Waals surface area contributed by atoms with Gasteiger partial charge >= 0.3 is 0 Å². The lowest BCUT2D eigenvalue weighted by molar-refractivity contribution is 0.266. The third-order valence-corrected chi connectivity index (χ3v) is 3.87. The molecule has 100 valence electrons. The average Bonchev–Trinajstić information content (AvgIpc) is 2.31. The van der Waals surface area contributed by atoms with Crippen LogP contribution in [0.15, 0.2) is 15.5 Å². The van der Waals surface area contributed by atoms with Gasteiger partial charge in [0.15, 0.2) is 0 Å². The van der Waals surface area contributed by atoms with Crippen LogP contribution < -0.4 is 15.8 Å². The zero-order valence-corrected chi connectivity index (χ0v) is 11.9. The Kier molecular flexibility index (Phi) is 4.36. The van der Waals surface area contributed by atoms with E-state index < -0.39 is 0 Å². The van der Waals surface area contributed by atoms with E-state index in [4.69, 9.17) is 5.11 Å². The Morgan fingerprint density at radius 2 is 2.39 bits per heavy atom. The van der Waals surface area contributed by atoms with Crippen molar-refractivity contribution < 1.29 is 5.11 Å². The SMILES string of the molecule is CCN(c1cnn(CCO)c(=O)c1Br)C1CNC1. The predicted molar refractivity (Wildman–Crippen MR) is 73.0 cm³/mol. The van der Waals surface area contributed by atoms with Crippen molar-refractivity contribution >= 4 is 21.6 Å². The van der Waals surface area contributed by atoms with Crippen LogP contribution in [0.1, 0.15) is 6.92 Å². The first-order valence-electron chi connectivity index (χ1n) is 6.02. The van der Waals surface area contributed by atoms with Crippen molar-refractivity contribution in [2.75, 3.05) is 31.1 Å². The maximum Gasteiger partial charge on any atom is 0.283 e. The fourth-order valence-corrected chi connectivity index (χ4v) is 2.56. The molecule has 0 radical (unpaired) electrons. The molecule has 0 spiro atoms. The van der Waals surface area contributed by atoms with Crippen molar-refractivity contribution in [3.05, 3.63) is 21.0 Å². The number of aliphatic hydroxyl groups is 1. The summed E-state index contributed by atoms with van der Waals surface area (Å²) in [6.07, 6.45) is 1.68. The van der Waals surface area contributed by atoms with Crippen molar-refractivity contribution in [1.29, 1.82) is 0 Å². The van der Waals surface area contributed by atoms with Crippen molar-refractivity contribution in [2.45, 2.75) is 19.5 Å². The zero-order valence-electron chi connectivity index (χ0n) is 10.3. The third kappa shape index (κ3) is 2.43. The number of halogens is 1. The summed E-state index contributed by atoms with van der Waals surface area (Å²) in [5.74, 6) is 0. The van der Waals surface area contributed by atoms with Crippen molar-refractivity contribution in [2.24, 2.45) is 0 Å². The first kappa shape index (κ1) is 13.5. The van der Waals surface area contributed by atoms with E-state index in [0.29, 0.717) is 10.5 Å². The van der Waals surface area contributed by atoms with Gasteiger partial charge in [-0.05, 0) is 22.9 Å². The number of nitrogens with zero attached hydrogens (tertiary/aromatic N) is 3.